The Morgan fingerprint density at radius 1 is 1.05 bits per heavy atom. The van der Waals surface area contributed by atoms with Crippen LogP contribution in [-0.4, -0.2) is 42.6 Å². The molecule has 0 atom stereocenters. The summed E-state index contributed by atoms with van der Waals surface area (Å²) in [6.07, 6.45) is 6.96. The average Bonchev–Trinajstić information content (AvgIpc) is 2.22. The van der Waals surface area contributed by atoms with Crippen LogP contribution in [0.5, 0.6) is 0 Å². The van der Waals surface area contributed by atoms with Gasteiger partial charge in [0, 0.05) is 0 Å². The zero-order valence-electron chi connectivity index (χ0n) is 11.6. The van der Waals surface area contributed by atoms with E-state index >= 15 is 0 Å². The molecule has 0 spiro atoms. The van der Waals surface area contributed by atoms with Crippen LogP contribution < -0.4 is 0 Å². The summed E-state index contributed by atoms with van der Waals surface area (Å²) in [6.45, 7) is 1.98. The van der Waals surface area contributed by atoms with Crippen molar-refractivity contribution in [2.75, 3.05) is 25.7 Å². The lowest BCUT2D eigenvalue weighted by atomic mass is 10.1. The predicted molar refractivity (Wildman–Crippen MR) is 73.8 cm³/mol. The van der Waals surface area contributed by atoms with Crippen molar-refractivity contribution < 1.29 is 25.2 Å². The minimum atomic E-state index is -3.50. The van der Waals surface area contributed by atoms with E-state index in [1.165, 1.54) is 0 Å². The van der Waals surface area contributed by atoms with Gasteiger partial charge >= 0.3 is 0 Å². The Morgan fingerprint density at radius 2 is 1.63 bits per heavy atom. The molecule has 0 amide bonds. The predicted octanol–water partition coefficient (Wildman–Crippen LogP) is 1.45. The topological polar surface area (TPSA) is 86.7 Å². The molecular formula is C11H22O6S2. The van der Waals surface area contributed by atoms with Gasteiger partial charge in [0.1, 0.15) is 0 Å². The van der Waals surface area contributed by atoms with E-state index in [0.29, 0.717) is 6.42 Å². The average molecular weight is 314 g/mol. The van der Waals surface area contributed by atoms with Crippen molar-refractivity contribution >= 4 is 20.2 Å². The zero-order chi connectivity index (χ0) is 14.9. The Hall–Kier alpha value is -0.440. The zero-order valence-corrected chi connectivity index (χ0v) is 13.2. The van der Waals surface area contributed by atoms with E-state index < -0.39 is 20.2 Å². The van der Waals surface area contributed by atoms with Gasteiger partial charge in [0.2, 0.25) is 0 Å². The molecule has 0 saturated carbocycles. The van der Waals surface area contributed by atoms with E-state index in [0.717, 1.165) is 37.3 Å². The van der Waals surface area contributed by atoms with Crippen molar-refractivity contribution in [2.24, 2.45) is 0 Å². The third-order valence-electron chi connectivity index (χ3n) is 2.17. The van der Waals surface area contributed by atoms with E-state index in [1.807, 2.05) is 13.0 Å². The maximum atomic E-state index is 10.9. The summed E-state index contributed by atoms with van der Waals surface area (Å²) in [5, 5.41) is 0. The quantitative estimate of drug-likeness (QED) is 0.344. The molecule has 0 aromatic heterocycles. The first-order chi connectivity index (χ1) is 8.64. The fraction of sp³-hybridized carbons (Fsp3) is 0.818. The Labute approximate surface area is 116 Å². The normalized spacial score (nSPS) is 13.7. The summed E-state index contributed by atoms with van der Waals surface area (Å²) in [5.74, 6) is 0. The molecule has 0 aromatic carbocycles. The van der Waals surface area contributed by atoms with Crippen molar-refractivity contribution in [1.29, 1.82) is 0 Å². The summed E-state index contributed by atoms with van der Waals surface area (Å²) >= 11 is 0. The highest BCUT2D eigenvalue weighted by Crippen LogP contribution is 2.09. The van der Waals surface area contributed by atoms with Gasteiger partial charge in [-0.3, -0.25) is 8.37 Å². The number of unbranched alkanes of at least 4 members (excludes halogenated alkanes) is 2. The summed E-state index contributed by atoms with van der Waals surface area (Å²) in [5.41, 5.74) is 0.725. The van der Waals surface area contributed by atoms with Crippen molar-refractivity contribution in [2.45, 2.75) is 32.6 Å². The lowest BCUT2D eigenvalue weighted by molar-refractivity contribution is 0.306. The smallest absolute Gasteiger partial charge is 0.264 e. The van der Waals surface area contributed by atoms with Crippen LogP contribution in [0.1, 0.15) is 32.6 Å². The summed E-state index contributed by atoms with van der Waals surface area (Å²) in [4.78, 5) is 0. The Bertz CT molecular complexity index is 475. The second kappa shape index (κ2) is 8.68. The molecule has 6 nitrogen and oxygen atoms in total. The largest absolute Gasteiger partial charge is 0.270 e. The van der Waals surface area contributed by atoms with Crippen molar-refractivity contribution in [3.8, 4) is 0 Å². The lowest BCUT2D eigenvalue weighted by Crippen LogP contribution is -2.10. The molecule has 0 aliphatic heterocycles. The van der Waals surface area contributed by atoms with Crippen molar-refractivity contribution in [3.05, 3.63) is 11.6 Å². The van der Waals surface area contributed by atoms with Crippen LogP contribution in [-0.2, 0) is 28.6 Å². The maximum absolute atomic E-state index is 10.9. The molecule has 0 saturated heterocycles. The number of rotatable bonds is 10. The highest BCUT2D eigenvalue weighted by molar-refractivity contribution is 7.86. The molecule has 0 unspecified atom stereocenters. The lowest BCUT2D eigenvalue weighted by Gasteiger charge is -2.07. The summed E-state index contributed by atoms with van der Waals surface area (Å²) in [7, 11) is -6.98. The van der Waals surface area contributed by atoms with Crippen molar-refractivity contribution in [1.82, 2.24) is 0 Å². The number of hydrogen-bond acceptors (Lipinski definition) is 6. The molecule has 0 aromatic rings. The first-order valence-corrected chi connectivity index (χ1v) is 9.64. The number of hydrogen-bond donors (Lipinski definition) is 0. The standard InChI is InChI=1S/C11H22O6S2/c1-4-5-6-7-11(10-17-19(3,14)15)8-9-16-18(2,12)13/h7H,4-6,8-10H2,1-3H3/b11-7-. The highest BCUT2D eigenvalue weighted by Gasteiger charge is 2.07. The molecule has 0 fully saturated rings. The molecule has 0 heterocycles. The Kier molecular flexibility index (Phi) is 8.47. The van der Waals surface area contributed by atoms with Gasteiger partial charge in [-0.1, -0.05) is 25.8 Å². The third-order valence-corrected chi connectivity index (χ3v) is 3.31. The summed E-state index contributed by atoms with van der Waals surface area (Å²) in [6, 6.07) is 0. The Balaban J connectivity index is 4.37. The van der Waals surface area contributed by atoms with E-state index in [-0.39, 0.29) is 13.2 Å². The second-order valence-electron chi connectivity index (χ2n) is 4.25. The second-order valence-corrected chi connectivity index (χ2v) is 7.53. The van der Waals surface area contributed by atoms with Crippen LogP contribution >= 0.6 is 0 Å². The van der Waals surface area contributed by atoms with Crippen LogP contribution in [0.4, 0.5) is 0 Å². The van der Waals surface area contributed by atoms with Gasteiger partial charge in [-0.05, 0) is 18.4 Å². The van der Waals surface area contributed by atoms with Crippen LogP contribution in [0, 0.1) is 0 Å². The van der Waals surface area contributed by atoms with Gasteiger partial charge in [0.25, 0.3) is 20.2 Å². The molecule has 114 valence electrons. The molecule has 0 N–H and O–H groups in total. The highest BCUT2D eigenvalue weighted by atomic mass is 32.2. The molecule has 0 rings (SSSR count). The van der Waals surface area contributed by atoms with E-state index in [1.54, 1.807) is 0 Å². The molecule has 0 aliphatic rings. The van der Waals surface area contributed by atoms with Gasteiger partial charge in [0.15, 0.2) is 0 Å². The minimum Gasteiger partial charge on any atom is -0.270 e. The molecule has 0 aliphatic carbocycles. The molecule has 0 bridgehead atoms. The fourth-order valence-corrected chi connectivity index (χ4v) is 2.00. The van der Waals surface area contributed by atoms with Gasteiger partial charge in [-0.25, -0.2) is 0 Å². The van der Waals surface area contributed by atoms with E-state index in [2.05, 4.69) is 4.18 Å². The van der Waals surface area contributed by atoms with E-state index in [4.69, 9.17) is 4.18 Å². The molecular weight excluding hydrogens is 292 g/mol. The van der Waals surface area contributed by atoms with Crippen LogP contribution in [0.2, 0.25) is 0 Å². The SMILES string of the molecule is CCCC/C=C(/CCOS(C)(=O)=O)COS(C)(=O)=O. The van der Waals surface area contributed by atoms with Crippen LogP contribution in [0.3, 0.4) is 0 Å². The van der Waals surface area contributed by atoms with Crippen LogP contribution in [0.25, 0.3) is 0 Å². The third kappa shape index (κ3) is 13.8. The molecule has 0 radical (unpaired) electrons. The summed E-state index contributed by atoms with van der Waals surface area (Å²) < 4.78 is 52.8. The van der Waals surface area contributed by atoms with Gasteiger partial charge in [-0.15, -0.1) is 0 Å². The molecule has 8 heteroatoms. The van der Waals surface area contributed by atoms with Crippen LogP contribution in [0.15, 0.2) is 11.6 Å². The fourth-order valence-electron chi connectivity index (χ4n) is 1.25. The number of allylic oxidation sites excluding steroid dienone is 1. The maximum Gasteiger partial charge on any atom is 0.264 e. The molecule has 19 heavy (non-hydrogen) atoms. The first-order valence-electron chi connectivity index (χ1n) is 6.00. The van der Waals surface area contributed by atoms with E-state index in [9.17, 15) is 16.8 Å². The van der Waals surface area contributed by atoms with Gasteiger partial charge in [-0.2, -0.15) is 16.8 Å². The van der Waals surface area contributed by atoms with Crippen molar-refractivity contribution in [3.63, 3.8) is 0 Å². The monoisotopic (exact) mass is 314 g/mol. The first kappa shape index (κ1) is 18.6. The van der Waals surface area contributed by atoms with Gasteiger partial charge in [0.05, 0.1) is 25.7 Å². The Morgan fingerprint density at radius 3 is 2.11 bits per heavy atom. The van der Waals surface area contributed by atoms with Gasteiger partial charge < -0.3 is 0 Å². The minimum absolute atomic E-state index is 0.0100.